The van der Waals surface area contributed by atoms with E-state index in [0.29, 0.717) is 5.75 Å². The van der Waals surface area contributed by atoms with E-state index < -0.39 is 8.07 Å². The maximum atomic E-state index is 9.92. The number of benzene rings is 1. The van der Waals surface area contributed by atoms with Gasteiger partial charge in [-0.1, -0.05) is 53.7 Å². The Morgan fingerprint density at radius 3 is 1.84 bits per heavy atom. The molecule has 0 aliphatic carbocycles. The second-order valence-electron chi connectivity index (χ2n) is 6.33. The minimum Gasteiger partial charge on any atom is -0.507 e. The van der Waals surface area contributed by atoms with Crippen molar-refractivity contribution in [3.63, 3.8) is 0 Å². The van der Waals surface area contributed by atoms with E-state index in [9.17, 15) is 5.11 Å². The molecule has 1 rings (SSSR count). The maximum absolute atomic E-state index is 9.92. The predicted octanol–water partition coefficient (Wildman–Crippen LogP) is 5.70. The molecular weight excluding hydrogens is 268 g/mol. The van der Waals surface area contributed by atoms with Crippen LogP contribution in [0.1, 0.15) is 41.5 Å². The van der Waals surface area contributed by atoms with Crippen molar-refractivity contribution >= 4 is 19.8 Å². The highest BCUT2D eigenvalue weighted by atomic mass is 32.2. The molecule has 3 heteroatoms. The first-order valence-electron chi connectivity index (χ1n) is 7.23. The van der Waals surface area contributed by atoms with E-state index in [-0.39, 0.29) is 0 Å². The van der Waals surface area contributed by atoms with Gasteiger partial charge in [0, 0.05) is 4.90 Å². The minimum absolute atomic E-state index is 0.423. The predicted molar refractivity (Wildman–Crippen MR) is 89.9 cm³/mol. The van der Waals surface area contributed by atoms with E-state index in [1.807, 2.05) is 30.0 Å². The highest BCUT2D eigenvalue weighted by Gasteiger charge is 2.42. The Morgan fingerprint density at radius 2 is 1.42 bits per heavy atom. The second kappa shape index (κ2) is 6.85. The summed E-state index contributed by atoms with van der Waals surface area (Å²) in [5.41, 5.74) is 2.31. The van der Waals surface area contributed by atoms with E-state index >= 15 is 0 Å². The normalized spacial score (nSPS) is 12.7. The van der Waals surface area contributed by atoms with Gasteiger partial charge in [-0.15, -0.1) is 11.8 Å². The van der Waals surface area contributed by atoms with Gasteiger partial charge in [-0.05, 0) is 34.1 Å². The molecule has 0 aliphatic heterocycles. The zero-order chi connectivity index (χ0) is 14.6. The zero-order valence-corrected chi connectivity index (χ0v) is 14.9. The Labute approximate surface area is 123 Å². The Hall–Kier alpha value is -0.413. The molecule has 1 aromatic rings. The summed E-state index contributed by atoms with van der Waals surface area (Å²) in [6, 6.07) is 7.70. The lowest BCUT2D eigenvalue weighted by atomic mass is 10.3. The lowest BCUT2D eigenvalue weighted by molar-refractivity contribution is 0.462. The van der Waals surface area contributed by atoms with Crippen molar-refractivity contribution in [2.45, 2.75) is 63.1 Å². The molecule has 0 saturated carbocycles. The van der Waals surface area contributed by atoms with E-state index in [4.69, 9.17) is 0 Å². The standard InChI is InChI=1S/C16H28OSSi/c1-12(2)19(13(3)4,14(5)6)11-18-16-10-8-7-9-15(16)17/h7-10,12-14,17H,11H2,1-6H3. The summed E-state index contributed by atoms with van der Waals surface area (Å²) in [5.74, 6) is 0.423. The first-order chi connectivity index (χ1) is 8.82. The molecule has 0 aromatic heterocycles. The monoisotopic (exact) mass is 296 g/mol. The number of hydrogen-bond donors (Lipinski definition) is 1. The van der Waals surface area contributed by atoms with Crippen molar-refractivity contribution in [3.05, 3.63) is 24.3 Å². The van der Waals surface area contributed by atoms with Crippen LogP contribution in [0.4, 0.5) is 0 Å². The van der Waals surface area contributed by atoms with Crippen LogP contribution < -0.4 is 0 Å². The number of phenols is 1. The van der Waals surface area contributed by atoms with Crippen molar-refractivity contribution in [1.29, 1.82) is 0 Å². The van der Waals surface area contributed by atoms with Crippen LogP contribution in [-0.4, -0.2) is 18.6 Å². The molecule has 19 heavy (non-hydrogen) atoms. The van der Waals surface area contributed by atoms with Crippen LogP contribution in [0.5, 0.6) is 5.75 Å². The van der Waals surface area contributed by atoms with Crippen molar-refractivity contribution in [1.82, 2.24) is 0 Å². The number of thioether (sulfide) groups is 1. The van der Waals surface area contributed by atoms with Crippen molar-refractivity contribution < 1.29 is 5.11 Å². The van der Waals surface area contributed by atoms with Crippen molar-refractivity contribution in [3.8, 4) is 5.75 Å². The first-order valence-corrected chi connectivity index (χ1v) is 10.7. The summed E-state index contributed by atoms with van der Waals surface area (Å²) >= 11 is 1.85. The molecule has 0 atom stereocenters. The van der Waals surface area contributed by atoms with Gasteiger partial charge in [0.1, 0.15) is 5.75 Å². The smallest absolute Gasteiger partial charge is 0.129 e. The third-order valence-corrected chi connectivity index (χ3v) is 14.3. The fourth-order valence-corrected chi connectivity index (χ4v) is 13.3. The number of para-hydroxylation sites is 1. The van der Waals surface area contributed by atoms with Crippen molar-refractivity contribution in [2.24, 2.45) is 0 Å². The highest BCUT2D eigenvalue weighted by Crippen LogP contribution is 2.45. The summed E-state index contributed by atoms with van der Waals surface area (Å²) < 4.78 is 0. The molecule has 0 saturated heterocycles. The highest BCUT2D eigenvalue weighted by molar-refractivity contribution is 8.01. The molecular formula is C16H28OSSi. The molecule has 0 heterocycles. The Kier molecular flexibility index (Phi) is 6.00. The number of aromatic hydroxyl groups is 1. The summed E-state index contributed by atoms with van der Waals surface area (Å²) in [6.07, 6.45) is 0. The third-order valence-electron chi connectivity index (χ3n) is 4.57. The lowest BCUT2D eigenvalue weighted by Gasteiger charge is -2.43. The van der Waals surface area contributed by atoms with Crippen LogP contribution in [0.2, 0.25) is 16.6 Å². The van der Waals surface area contributed by atoms with Crippen LogP contribution in [0.25, 0.3) is 0 Å². The van der Waals surface area contributed by atoms with Crippen LogP contribution in [-0.2, 0) is 0 Å². The van der Waals surface area contributed by atoms with Gasteiger partial charge in [-0.25, -0.2) is 0 Å². The molecule has 1 nitrogen and oxygen atoms in total. The largest absolute Gasteiger partial charge is 0.507 e. The van der Waals surface area contributed by atoms with Gasteiger partial charge in [0.2, 0.25) is 0 Å². The van der Waals surface area contributed by atoms with Gasteiger partial charge in [-0.2, -0.15) is 0 Å². The van der Waals surface area contributed by atoms with Gasteiger partial charge < -0.3 is 5.11 Å². The minimum atomic E-state index is -1.38. The van der Waals surface area contributed by atoms with E-state index in [1.165, 1.54) is 5.38 Å². The first kappa shape index (κ1) is 16.6. The molecule has 0 unspecified atom stereocenters. The molecule has 0 aliphatic rings. The molecule has 0 fully saturated rings. The second-order valence-corrected chi connectivity index (χ2v) is 13.9. The topological polar surface area (TPSA) is 20.2 Å². The van der Waals surface area contributed by atoms with Gasteiger partial charge in [0.15, 0.2) is 0 Å². The maximum Gasteiger partial charge on any atom is 0.129 e. The SMILES string of the molecule is CC(C)[Si](CSc1ccccc1O)(C(C)C)C(C)C. The number of phenolic OH excluding ortho intramolecular Hbond substituents is 1. The summed E-state index contributed by atoms with van der Waals surface area (Å²) in [7, 11) is -1.38. The Morgan fingerprint density at radius 1 is 0.947 bits per heavy atom. The molecule has 108 valence electrons. The molecule has 0 amide bonds. The lowest BCUT2D eigenvalue weighted by Crippen LogP contribution is -2.47. The quantitative estimate of drug-likeness (QED) is 0.536. The summed E-state index contributed by atoms with van der Waals surface area (Å²) in [6.45, 7) is 14.3. The van der Waals surface area contributed by atoms with E-state index in [0.717, 1.165) is 21.5 Å². The Bertz CT molecular complexity index is 380. The van der Waals surface area contributed by atoms with Gasteiger partial charge in [0.25, 0.3) is 0 Å². The average Bonchev–Trinajstić information content (AvgIpc) is 2.30. The molecule has 1 N–H and O–H groups in total. The fourth-order valence-electron chi connectivity index (χ4n) is 3.28. The number of hydrogen-bond acceptors (Lipinski definition) is 2. The van der Waals surface area contributed by atoms with E-state index in [2.05, 4.69) is 41.5 Å². The fraction of sp³-hybridized carbons (Fsp3) is 0.625. The van der Waals surface area contributed by atoms with Crippen LogP contribution >= 0.6 is 11.8 Å². The van der Waals surface area contributed by atoms with Crippen LogP contribution in [0, 0.1) is 0 Å². The van der Waals surface area contributed by atoms with Gasteiger partial charge in [0.05, 0.1) is 8.07 Å². The van der Waals surface area contributed by atoms with Gasteiger partial charge >= 0.3 is 0 Å². The van der Waals surface area contributed by atoms with Gasteiger partial charge in [-0.3, -0.25) is 0 Å². The zero-order valence-electron chi connectivity index (χ0n) is 13.1. The van der Waals surface area contributed by atoms with E-state index in [1.54, 1.807) is 6.07 Å². The molecule has 1 aromatic carbocycles. The van der Waals surface area contributed by atoms with Crippen LogP contribution in [0.3, 0.4) is 0 Å². The van der Waals surface area contributed by atoms with Crippen LogP contribution in [0.15, 0.2) is 29.2 Å². The molecule has 0 spiro atoms. The molecule has 0 bridgehead atoms. The average molecular weight is 297 g/mol. The van der Waals surface area contributed by atoms with Crippen molar-refractivity contribution in [2.75, 3.05) is 5.38 Å². The summed E-state index contributed by atoms with van der Waals surface area (Å²) in [5, 5.41) is 11.1. The molecule has 0 radical (unpaired) electrons. The number of rotatable bonds is 6. The Balaban J connectivity index is 2.94. The third kappa shape index (κ3) is 3.57. The summed E-state index contributed by atoms with van der Waals surface area (Å²) in [4.78, 5) is 1.03.